The zero-order valence-corrected chi connectivity index (χ0v) is 38.2. The number of Topliss-reactive ketones (excluding diaryl/α,β-unsaturated/α-hetero) is 3. The summed E-state index contributed by atoms with van der Waals surface area (Å²) >= 11 is 18.4. The number of nitrogens with one attached hydrogen (secondary N) is 2. The molecule has 0 aliphatic rings. The molecule has 0 radical (unpaired) electrons. The van der Waals surface area contributed by atoms with Crippen LogP contribution in [0.15, 0.2) is 115 Å². The predicted molar refractivity (Wildman–Crippen MR) is 253 cm³/mol. The zero-order chi connectivity index (χ0) is 44.8. The summed E-state index contributed by atoms with van der Waals surface area (Å²) in [6.45, 7) is 13.4. The number of anilines is 4. The molecule has 0 heterocycles. The second-order valence-electron chi connectivity index (χ2n) is 15.7. The molecule has 0 saturated heterocycles. The largest absolute Gasteiger partial charge is 0.497 e. The van der Waals surface area contributed by atoms with Crippen LogP contribution < -0.4 is 15.4 Å². The molecule has 0 aliphatic carbocycles. The van der Waals surface area contributed by atoms with Crippen molar-refractivity contribution in [1.29, 1.82) is 0 Å². The van der Waals surface area contributed by atoms with E-state index in [4.69, 9.17) is 39.5 Å². The Hall–Kier alpha value is -5.21. The molecule has 0 atom stereocenters. The lowest BCUT2D eigenvalue weighted by Crippen LogP contribution is -2.12. The van der Waals surface area contributed by atoms with Crippen LogP contribution in [0.3, 0.4) is 0 Å². The van der Waals surface area contributed by atoms with Crippen molar-refractivity contribution in [2.75, 3.05) is 17.7 Å². The van der Waals surface area contributed by atoms with Gasteiger partial charge < -0.3 is 15.4 Å². The highest BCUT2D eigenvalue weighted by molar-refractivity contribution is 6.39. The number of rotatable bonds is 14. The van der Waals surface area contributed by atoms with Crippen LogP contribution in [0.1, 0.15) is 63.8 Å². The van der Waals surface area contributed by atoms with Gasteiger partial charge in [0, 0.05) is 48.4 Å². The minimum atomic E-state index is -0.422. The normalized spacial score (nSPS) is 10.8. The number of halogens is 4. The van der Waals surface area contributed by atoms with Gasteiger partial charge in [-0.2, -0.15) is 0 Å². The Morgan fingerprint density at radius 2 is 1.07 bits per heavy atom. The Labute approximate surface area is 374 Å². The molecule has 6 aromatic carbocycles. The van der Waals surface area contributed by atoms with Crippen LogP contribution in [0.5, 0.6) is 5.75 Å². The third-order valence-corrected chi connectivity index (χ3v) is 10.8. The Kier molecular flexibility index (Phi) is 18.4. The van der Waals surface area contributed by atoms with Crippen molar-refractivity contribution >= 4 is 85.7 Å². The second kappa shape index (κ2) is 23.1. The Bertz CT molecular complexity index is 2430. The Balaban J connectivity index is 0.000000202. The number of hydrogen-bond acceptors (Lipinski definition) is 6. The fraction of sp³-hybridized carbons (Fsp3) is 0.275. The predicted octanol–water partition coefficient (Wildman–Crippen LogP) is 14.4. The summed E-state index contributed by atoms with van der Waals surface area (Å²) in [5.41, 5.74) is 6.35. The third-order valence-electron chi connectivity index (χ3n) is 9.87. The van der Waals surface area contributed by atoms with Crippen LogP contribution in [-0.2, 0) is 33.6 Å². The quantitative estimate of drug-likeness (QED) is 0.113. The van der Waals surface area contributed by atoms with E-state index in [2.05, 4.69) is 16.7 Å². The zero-order valence-electron chi connectivity index (χ0n) is 36.0. The lowest BCUT2D eigenvalue weighted by Gasteiger charge is -2.15. The number of ketones is 3. The first-order valence-electron chi connectivity index (χ1n) is 20.2. The molecule has 61 heavy (non-hydrogen) atoms. The number of aryl methyl sites for hydroxylation is 1. The first kappa shape index (κ1) is 48.5. The molecule has 0 aliphatic heterocycles. The molecule has 6 aromatic rings. The van der Waals surface area contributed by atoms with E-state index < -0.39 is 5.82 Å². The molecule has 6 rings (SSSR count). The molecule has 0 amide bonds. The number of methoxy groups -OCH3 is 1. The molecular formula is C51H54Cl3FN2O4. The van der Waals surface area contributed by atoms with Gasteiger partial charge in [-0.15, -0.1) is 0 Å². The van der Waals surface area contributed by atoms with Crippen molar-refractivity contribution in [1.82, 2.24) is 0 Å². The van der Waals surface area contributed by atoms with Gasteiger partial charge in [-0.1, -0.05) is 149 Å². The summed E-state index contributed by atoms with van der Waals surface area (Å²) < 4.78 is 19.1. The van der Waals surface area contributed by atoms with Gasteiger partial charge in [0.25, 0.3) is 0 Å². The highest BCUT2D eigenvalue weighted by Gasteiger charge is 2.16. The van der Waals surface area contributed by atoms with Gasteiger partial charge in [-0.05, 0) is 82.9 Å². The molecular weight excluding hydrogens is 830 g/mol. The number of hydrogen-bond donors (Lipinski definition) is 2. The maximum atomic E-state index is 13.9. The highest BCUT2D eigenvalue weighted by Crippen LogP contribution is 2.34. The van der Waals surface area contributed by atoms with Gasteiger partial charge in [0.15, 0.2) is 0 Å². The maximum absolute atomic E-state index is 13.9. The van der Waals surface area contributed by atoms with Crippen LogP contribution in [-0.4, -0.2) is 24.5 Å². The lowest BCUT2D eigenvalue weighted by atomic mass is 9.98. The van der Waals surface area contributed by atoms with E-state index in [0.29, 0.717) is 45.7 Å². The van der Waals surface area contributed by atoms with Crippen LogP contribution in [0.2, 0.25) is 15.1 Å². The minimum absolute atomic E-state index is 0.0157. The molecule has 0 unspecified atom stereocenters. The van der Waals surface area contributed by atoms with E-state index in [1.54, 1.807) is 37.4 Å². The number of benzene rings is 6. The fourth-order valence-electron chi connectivity index (χ4n) is 5.99. The van der Waals surface area contributed by atoms with Crippen molar-refractivity contribution in [3.63, 3.8) is 0 Å². The molecule has 0 fully saturated rings. The molecule has 0 aromatic heterocycles. The molecule has 2 N–H and O–H groups in total. The average molecular weight is 884 g/mol. The highest BCUT2D eigenvalue weighted by atomic mass is 35.5. The summed E-state index contributed by atoms with van der Waals surface area (Å²) in [6.07, 6.45) is 1.22. The van der Waals surface area contributed by atoms with Crippen molar-refractivity contribution in [3.05, 3.63) is 158 Å². The third kappa shape index (κ3) is 14.5. The van der Waals surface area contributed by atoms with Gasteiger partial charge in [0.2, 0.25) is 0 Å². The molecule has 10 heteroatoms. The second-order valence-corrected chi connectivity index (χ2v) is 16.9. The summed E-state index contributed by atoms with van der Waals surface area (Å²) in [4.78, 5) is 35.7. The summed E-state index contributed by atoms with van der Waals surface area (Å²) in [7, 11) is 1.66. The van der Waals surface area contributed by atoms with E-state index in [0.717, 1.165) is 44.5 Å². The van der Waals surface area contributed by atoms with Gasteiger partial charge >= 0.3 is 0 Å². The fourth-order valence-corrected chi connectivity index (χ4v) is 6.69. The average Bonchev–Trinajstić information content (AvgIpc) is 3.22. The molecule has 0 saturated carbocycles. The number of para-hydroxylation sites is 3. The number of carbonyl (C=O) groups is 3. The van der Waals surface area contributed by atoms with Crippen molar-refractivity contribution < 1.29 is 23.5 Å². The van der Waals surface area contributed by atoms with Crippen molar-refractivity contribution in [2.24, 2.45) is 17.8 Å². The van der Waals surface area contributed by atoms with Crippen molar-refractivity contribution in [2.45, 2.75) is 67.7 Å². The molecule has 6 nitrogen and oxygen atoms in total. The van der Waals surface area contributed by atoms with E-state index in [1.807, 2.05) is 121 Å². The molecule has 320 valence electrons. The van der Waals surface area contributed by atoms with Crippen LogP contribution in [0, 0.1) is 30.5 Å². The Morgan fingerprint density at radius 3 is 1.67 bits per heavy atom. The number of fused-ring (bicyclic) bond motifs is 1. The smallest absolute Gasteiger partial charge is 0.148 e. The van der Waals surface area contributed by atoms with Gasteiger partial charge in [-0.3, -0.25) is 14.4 Å². The topological polar surface area (TPSA) is 84.5 Å². The van der Waals surface area contributed by atoms with Crippen LogP contribution >= 0.6 is 34.8 Å². The van der Waals surface area contributed by atoms with Crippen LogP contribution in [0.25, 0.3) is 10.8 Å². The van der Waals surface area contributed by atoms with E-state index in [-0.39, 0.29) is 40.8 Å². The van der Waals surface area contributed by atoms with E-state index in [9.17, 15) is 18.8 Å². The lowest BCUT2D eigenvalue weighted by molar-refractivity contribution is -0.122. The molecule has 0 bridgehead atoms. The summed E-state index contributed by atoms with van der Waals surface area (Å²) in [6, 6.07) is 35.4. The van der Waals surface area contributed by atoms with E-state index in [1.165, 1.54) is 6.07 Å². The first-order valence-corrected chi connectivity index (χ1v) is 21.3. The standard InChI is InChI=1S/C18H19ClFNO.C17H17Cl2NO.C16H18O2/c1-11(2)17(22)10-13-9-12(3)7-8-16(13)21-18-14(19)5-4-6-15(18)20;1-11(2)16(21)10-12-6-3-4-9-15(12)20-17-13(18)7-5-8-14(17)19;1-11(2)16(17)9-12-4-5-14-10-15(18-3)7-6-13(14)8-12/h4-9,11,21H,10H2,1-3H3;3-9,11,20H,10H2,1-2H3;4-8,10-11H,9H2,1-3H3. The van der Waals surface area contributed by atoms with Crippen LogP contribution in [0.4, 0.5) is 27.1 Å². The van der Waals surface area contributed by atoms with Gasteiger partial charge in [0.05, 0.1) is 33.6 Å². The first-order chi connectivity index (χ1) is 29.0. The van der Waals surface area contributed by atoms with Gasteiger partial charge in [-0.25, -0.2) is 4.39 Å². The molecule has 0 spiro atoms. The summed E-state index contributed by atoms with van der Waals surface area (Å²) in [5.74, 6) is 1.14. The SMILES string of the molecule is CC(C)C(=O)Cc1ccccc1Nc1c(Cl)cccc1Cl.COc1ccc2cc(CC(=O)C(C)C)ccc2c1.Cc1ccc(Nc2c(F)cccc2Cl)c(CC(=O)C(C)C)c1. The van der Waals surface area contributed by atoms with E-state index >= 15 is 0 Å². The maximum Gasteiger partial charge on any atom is 0.148 e. The summed E-state index contributed by atoms with van der Waals surface area (Å²) in [5, 5.41) is 9.94. The number of carbonyl (C=O) groups excluding carboxylic acids is 3. The minimum Gasteiger partial charge on any atom is -0.497 e. The van der Waals surface area contributed by atoms with Gasteiger partial charge in [0.1, 0.15) is 28.9 Å². The monoisotopic (exact) mass is 882 g/mol. The number of ether oxygens (including phenoxy) is 1. The Morgan fingerprint density at radius 1 is 0.557 bits per heavy atom. The van der Waals surface area contributed by atoms with Crippen molar-refractivity contribution in [3.8, 4) is 5.75 Å².